The lowest BCUT2D eigenvalue weighted by atomic mass is 10.0. The van der Waals surface area contributed by atoms with Crippen LogP contribution in [0.3, 0.4) is 0 Å². The second-order valence-electron chi connectivity index (χ2n) is 10.5. The number of benzene rings is 1. The summed E-state index contributed by atoms with van der Waals surface area (Å²) >= 11 is 0. The molecule has 0 radical (unpaired) electrons. The number of aryl methyl sites for hydroxylation is 1. The van der Waals surface area contributed by atoms with Gasteiger partial charge in [-0.25, -0.2) is 8.42 Å². The number of hydrogen-bond donors (Lipinski definition) is 1. The van der Waals surface area contributed by atoms with Crippen LogP contribution in [-0.4, -0.2) is 60.3 Å². The quantitative estimate of drug-likeness (QED) is 0.545. The summed E-state index contributed by atoms with van der Waals surface area (Å²) in [5.41, 5.74) is -1.63. The number of hydrogen-bond acceptors (Lipinski definition) is 7. The number of nitrogens with one attached hydrogen (secondary N) is 1. The Bertz CT molecular complexity index is 1390. The lowest BCUT2D eigenvalue weighted by Crippen LogP contribution is -2.43. The van der Waals surface area contributed by atoms with Crippen LogP contribution in [0, 0.1) is 17.2 Å². The molecular formula is C26H29F3N4O5S. The lowest BCUT2D eigenvalue weighted by molar-refractivity contribution is -0.140. The highest BCUT2D eigenvalue weighted by atomic mass is 32.2. The Morgan fingerprint density at radius 2 is 1.95 bits per heavy atom. The summed E-state index contributed by atoms with van der Waals surface area (Å²) in [4.78, 5) is 12.4. The molecule has 2 saturated carbocycles. The first-order valence-corrected chi connectivity index (χ1v) is 14.4. The molecule has 0 bridgehead atoms. The molecule has 2 aromatic rings. The highest BCUT2D eigenvalue weighted by Gasteiger charge is 2.51. The van der Waals surface area contributed by atoms with Gasteiger partial charge in [-0.15, -0.1) is 0 Å². The monoisotopic (exact) mass is 566 g/mol. The molecule has 210 valence electrons. The third kappa shape index (κ3) is 5.69. The predicted octanol–water partition coefficient (Wildman–Crippen LogP) is 3.39. The molecule has 3 aliphatic rings. The number of sulfone groups is 1. The van der Waals surface area contributed by atoms with Crippen molar-refractivity contribution in [2.24, 2.45) is 13.0 Å². The van der Waals surface area contributed by atoms with Crippen LogP contribution in [0.15, 0.2) is 35.5 Å². The van der Waals surface area contributed by atoms with E-state index in [0.29, 0.717) is 44.5 Å². The van der Waals surface area contributed by atoms with Crippen LogP contribution >= 0.6 is 0 Å². The number of carbonyl (C=O) groups excluding carboxylic acids is 1. The van der Waals surface area contributed by atoms with Crippen LogP contribution in [-0.2, 0) is 37.3 Å². The van der Waals surface area contributed by atoms with E-state index in [-0.39, 0.29) is 24.5 Å². The van der Waals surface area contributed by atoms with E-state index in [0.717, 1.165) is 12.1 Å². The fourth-order valence-corrected chi connectivity index (χ4v) is 7.34. The minimum atomic E-state index is -4.93. The second-order valence-corrected chi connectivity index (χ2v) is 12.7. The Hall–Kier alpha value is -2.95. The lowest BCUT2D eigenvalue weighted by Gasteiger charge is -2.28. The number of ether oxygens (including phenoxy) is 2. The van der Waals surface area contributed by atoms with Crippen molar-refractivity contribution in [1.82, 2.24) is 15.1 Å². The number of carbonyl (C=O) groups is 1. The second kappa shape index (κ2) is 10.2. The van der Waals surface area contributed by atoms with Gasteiger partial charge in [-0.05, 0) is 56.2 Å². The maximum absolute atomic E-state index is 14.2. The highest BCUT2D eigenvalue weighted by molar-refractivity contribution is 7.92. The molecule has 0 unspecified atom stereocenters. The number of nitriles is 1. The molecular weight excluding hydrogens is 537 g/mol. The summed E-state index contributed by atoms with van der Waals surface area (Å²) in [6.45, 7) is 0.928. The summed E-state index contributed by atoms with van der Waals surface area (Å²) in [7, 11) is -2.89. The number of nitrogens with zero attached hydrogens (tertiary/aromatic N) is 3. The molecule has 3 fully saturated rings. The van der Waals surface area contributed by atoms with Crippen molar-refractivity contribution in [3.05, 3.63) is 36.2 Å². The summed E-state index contributed by atoms with van der Waals surface area (Å²) in [5.74, 6) is -1.42. The molecule has 1 aromatic heterocycles. The van der Waals surface area contributed by atoms with Crippen molar-refractivity contribution in [3.63, 3.8) is 0 Å². The predicted molar refractivity (Wildman–Crippen MR) is 132 cm³/mol. The molecule has 5 rings (SSSR count). The maximum atomic E-state index is 14.2. The smallest absolute Gasteiger partial charge is 0.381 e. The zero-order chi connectivity index (χ0) is 28.0. The molecule has 0 spiro atoms. The molecule has 3 atom stereocenters. The third-order valence-electron chi connectivity index (χ3n) is 7.73. The van der Waals surface area contributed by atoms with Gasteiger partial charge in [0.1, 0.15) is 5.54 Å². The van der Waals surface area contributed by atoms with Crippen LogP contribution in [0.25, 0.3) is 11.1 Å². The number of alkyl halides is 3. The minimum Gasteiger partial charge on any atom is -0.381 e. The van der Waals surface area contributed by atoms with Gasteiger partial charge in [0.2, 0.25) is 5.91 Å². The average Bonchev–Trinajstić information content (AvgIpc) is 3.31. The van der Waals surface area contributed by atoms with Crippen molar-refractivity contribution in [2.75, 3.05) is 13.2 Å². The number of aromatic nitrogens is 2. The van der Waals surface area contributed by atoms with E-state index in [2.05, 4.69) is 16.5 Å². The average molecular weight is 567 g/mol. The van der Waals surface area contributed by atoms with Crippen molar-refractivity contribution < 1.29 is 35.9 Å². The van der Waals surface area contributed by atoms with Gasteiger partial charge in [0, 0.05) is 32.0 Å². The molecule has 1 N–H and O–H groups in total. The van der Waals surface area contributed by atoms with Crippen molar-refractivity contribution >= 4 is 15.7 Å². The van der Waals surface area contributed by atoms with E-state index in [1.54, 1.807) is 7.05 Å². The summed E-state index contributed by atoms with van der Waals surface area (Å²) in [6, 6.07) is 5.21. The van der Waals surface area contributed by atoms with Crippen molar-refractivity contribution in [2.45, 2.75) is 72.6 Å². The van der Waals surface area contributed by atoms with Crippen LogP contribution in [0.1, 0.15) is 44.1 Å². The molecule has 1 aliphatic heterocycles. The van der Waals surface area contributed by atoms with Gasteiger partial charge in [0.15, 0.2) is 9.84 Å². The summed E-state index contributed by atoms with van der Waals surface area (Å²) in [5, 5.41) is 14.8. The Morgan fingerprint density at radius 3 is 2.54 bits per heavy atom. The van der Waals surface area contributed by atoms with Gasteiger partial charge >= 0.3 is 6.18 Å². The van der Waals surface area contributed by atoms with Gasteiger partial charge < -0.3 is 14.8 Å². The van der Waals surface area contributed by atoms with Gasteiger partial charge in [-0.3, -0.25) is 9.48 Å². The first-order valence-electron chi connectivity index (χ1n) is 12.8. The van der Waals surface area contributed by atoms with Crippen molar-refractivity contribution in [1.29, 1.82) is 5.26 Å². The van der Waals surface area contributed by atoms with Gasteiger partial charge in [0.05, 0.1) is 46.1 Å². The SMILES string of the molecule is Cn1cc(-c2ccc(S(=O)(=O)[C@@H]3C[C@H](OC4CCOCC4)[C@@H](C(=O)NC4(C#N)CC4)C3)c(C(F)(F)F)c2)cn1. The Kier molecular flexibility index (Phi) is 7.24. The van der Waals surface area contributed by atoms with E-state index >= 15 is 0 Å². The topological polar surface area (TPSA) is 123 Å². The molecule has 1 aromatic carbocycles. The standard InChI is InChI=1S/C26H29F3N4O5S/c1-33-14-17(13-31-33)16-2-3-23(21(10-16)26(27,28)29)39(35,36)19-11-20(24(34)32-25(15-30)6-7-25)22(12-19)38-18-4-8-37-9-5-18/h2-3,10,13-14,18-20,22H,4-9,11-12H2,1H3,(H,32,34)/t19-,20-,22-/m0/s1. The maximum Gasteiger partial charge on any atom is 0.417 e. The normalized spacial score (nSPS) is 25.3. The molecule has 1 saturated heterocycles. The summed E-state index contributed by atoms with van der Waals surface area (Å²) in [6.07, 6.45) is -1.27. The molecule has 39 heavy (non-hydrogen) atoms. The first-order chi connectivity index (χ1) is 18.4. The third-order valence-corrected chi connectivity index (χ3v) is 9.96. The van der Waals surface area contributed by atoms with Crippen LogP contribution in [0.5, 0.6) is 0 Å². The summed E-state index contributed by atoms with van der Waals surface area (Å²) < 4.78 is 82.9. The fourth-order valence-electron chi connectivity index (χ4n) is 5.34. The molecule has 13 heteroatoms. The fraction of sp³-hybridized carbons (Fsp3) is 0.577. The zero-order valence-corrected chi connectivity index (χ0v) is 22.1. The Labute approximate surface area is 224 Å². The molecule has 2 aliphatic carbocycles. The van der Waals surface area contributed by atoms with E-state index in [1.165, 1.54) is 23.1 Å². The number of rotatable bonds is 7. The minimum absolute atomic E-state index is 0.126. The van der Waals surface area contributed by atoms with Gasteiger partial charge in [0.25, 0.3) is 0 Å². The zero-order valence-electron chi connectivity index (χ0n) is 21.3. The van der Waals surface area contributed by atoms with Gasteiger partial charge in [-0.1, -0.05) is 6.07 Å². The van der Waals surface area contributed by atoms with Crippen LogP contribution < -0.4 is 5.32 Å². The molecule has 1 amide bonds. The van der Waals surface area contributed by atoms with E-state index in [1.807, 2.05) is 0 Å². The van der Waals surface area contributed by atoms with Crippen LogP contribution in [0.2, 0.25) is 0 Å². The Balaban J connectivity index is 1.45. The van der Waals surface area contributed by atoms with E-state index in [4.69, 9.17) is 9.47 Å². The van der Waals surface area contributed by atoms with E-state index in [9.17, 15) is 31.6 Å². The molecule has 2 heterocycles. The number of amides is 1. The largest absolute Gasteiger partial charge is 0.417 e. The Morgan fingerprint density at radius 1 is 1.23 bits per heavy atom. The van der Waals surface area contributed by atoms with Gasteiger partial charge in [-0.2, -0.15) is 23.5 Å². The van der Waals surface area contributed by atoms with Crippen LogP contribution in [0.4, 0.5) is 13.2 Å². The number of halogens is 3. The van der Waals surface area contributed by atoms with Crippen molar-refractivity contribution in [3.8, 4) is 17.2 Å². The van der Waals surface area contributed by atoms with E-state index < -0.39 is 55.2 Å². The molecule has 9 nitrogen and oxygen atoms in total. The first kappa shape index (κ1) is 27.6. The highest BCUT2D eigenvalue weighted by Crippen LogP contribution is 2.43.